The van der Waals surface area contributed by atoms with E-state index in [1.165, 1.54) is 0 Å². The molecule has 38 heavy (non-hydrogen) atoms. The predicted octanol–water partition coefficient (Wildman–Crippen LogP) is 7.18. The van der Waals surface area contributed by atoms with Gasteiger partial charge in [0.05, 0.1) is 0 Å². The summed E-state index contributed by atoms with van der Waals surface area (Å²) < 4.78 is 12.3. The lowest BCUT2D eigenvalue weighted by Gasteiger charge is -2.46. The molecule has 2 atom stereocenters. The number of rotatable bonds is 4. The third kappa shape index (κ3) is 6.40. The lowest BCUT2D eigenvalue weighted by molar-refractivity contribution is -0.0188. The molecule has 2 unspecified atom stereocenters. The van der Waals surface area contributed by atoms with E-state index in [4.69, 9.17) is 9.47 Å². The Morgan fingerprint density at radius 3 is 2.26 bits per heavy atom. The van der Waals surface area contributed by atoms with Crippen LogP contribution in [0.5, 0.6) is 5.75 Å². The van der Waals surface area contributed by atoms with Gasteiger partial charge in [-0.1, -0.05) is 44.2 Å². The highest BCUT2D eigenvalue weighted by atomic mass is 16.6. The maximum absolute atomic E-state index is 12.8. The van der Waals surface area contributed by atoms with E-state index >= 15 is 0 Å². The molecule has 2 aliphatic rings. The lowest BCUT2D eigenvalue weighted by atomic mass is 9.80. The highest BCUT2D eigenvalue weighted by Gasteiger charge is 2.44. The molecule has 2 aromatic carbocycles. The van der Waals surface area contributed by atoms with Crippen LogP contribution in [0.25, 0.3) is 5.57 Å². The van der Waals surface area contributed by atoms with Crippen molar-refractivity contribution in [3.8, 4) is 5.75 Å². The van der Waals surface area contributed by atoms with Crippen molar-refractivity contribution in [2.45, 2.75) is 85.5 Å². The van der Waals surface area contributed by atoms with Crippen molar-refractivity contribution in [1.29, 1.82) is 0 Å². The summed E-state index contributed by atoms with van der Waals surface area (Å²) in [6.07, 6.45) is 3.29. The molecule has 2 aromatic rings. The molecule has 4 rings (SSSR count). The van der Waals surface area contributed by atoms with Crippen molar-refractivity contribution >= 4 is 17.6 Å². The summed E-state index contributed by atoms with van der Waals surface area (Å²) >= 11 is 0. The molecule has 0 bridgehead atoms. The number of carbonyl (C=O) groups is 2. The van der Waals surface area contributed by atoms with Gasteiger partial charge in [0.1, 0.15) is 17.0 Å². The molecule has 206 valence electrons. The largest absolute Gasteiger partial charge is 0.482 e. The summed E-state index contributed by atoms with van der Waals surface area (Å²) in [5.74, 6) is 0.893. The summed E-state index contributed by atoms with van der Waals surface area (Å²) in [6.45, 7) is 17.6. The second-order valence-electron chi connectivity index (χ2n) is 10.8. The van der Waals surface area contributed by atoms with Crippen molar-refractivity contribution < 1.29 is 19.1 Å². The Morgan fingerprint density at radius 2 is 1.68 bits per heavy atom. The van der Waals surface area contributed by atoms with E-state index in [1.807, 2.05) is 101 Å². The van der Waals surface area contributed by atoms with Gasteiger partial charge in [-0.05, 0) is 77.0 Å². The molecule has 0 N–H and O–H groups in total. The summed E-state index contributed by atoms with van der Waals surface area (Å²) in [4.78, 5) is 29.2. The number of piperidine rings is 1. The van der Waals surface area contributed by atoms with Crippen LogP contribution in [0.1, 0.15) is 89.7 Å². The minimum atomic E-state index is -0.530. The van der Waals surface area contributed by atoms with E-state index in [0.717, 1.165) is 22.4 Å². The van der Waals surface area contributed by atoms with Gasteiger partial charge in [0.2, 0.25) is 0 Å². The van der Waals surface area contributed by atoms with Crippen LogP contribution in [0.2, 0.25) is 0 Å². The molecule has 6 nitrogen and oxygen atoms in total. The molecule has 2 aliphatic heterocycles. The minimum absolute atomic E-state index is 0.0366. The molecule has 1 spiro atoms. The van der Waals surface area contributed by atoms with Crippen molar-refractivity contribution in [2.24, 2.45) is 0 Å². The smallest absolute Gasteiger partial charge is 0.410 e. The first-order valence-corrected chi connectivity index (χ1v) is 14.0. The van der Waals surface area contributed by atoms with Gasteiger partial charge in [-0.3, -0.25) is 4.79 Å². The summed E-state index contributed by atoms with van der Waals surface area (Å²) in [5, 5.41) is 0. The number of benzene rings is 2. The van der Waals surface area contributed by atoms with Gasteiger partial charge in [0, 0.05) is 49.6 Å². The number of amides is 2. The number of carbonyl (C=O) groups excluding carboxylic acids is 2. The fourth-order valence-corrected chi connectivity index (χ4v) is 5.15. The molecule has 2 heterocycles. The van der Waals surface area contributed by atoms with Crippen molar-refractivity contribution in [2.75, 3.05) is 19.6 Å². The first kappa shape index (κ1) is 29.3. The van der Waals surface area contributed by atoms with E-state index in [0.29, 0.717) is 38.0 Å². The third-order valence-corrected chi connectivity index (χ3v) is 6.97. The number of hydrogen-bond acceptors (Lipinski definition) is 4. The van der Waals surface area contributed by atoms with Gasteiger partial charge in [-0.15, -0.1) is 0 Å². The summed E-state index contributed by atoms with van der Waals surface area (Å²) in [6, 6.07) is 15.9. The second kappa shape index (κ2) is 12.1. The molecular formula is C32H44N2O4. The standard InChI is InChI=1S/C30H38N2O4.C2H6/c1-7-31(8-2)27(33)23-15-13-22(14-16-23)25-20-30(35-26-12-10-9-11-24(25)26)17-18-32(21(3)19-30)28(34)36-29(4,5)6;1-2/h9-16,20-21H,7-8,17-19H2,1-6H3;1-2H3. The number of nitrogens with zero attached hydrogens (tertiary/aromatic N) is 2. The van der Waals surface area contributed by atoms with Crippen LogP contribution in [0, 0.1) is 0 Å². The number of hydrogen-bond donors (Lipinski definition) is 0. The topological polar surface area (TPSA) is 59.1 Å². The van der Waals surface area contributed by atoms with Crippen molar-refractivity contribution in [3.05, 3.63) is 71.3 Å². The zero-order valence-electron chi connectivity index (χ0n) is 24.3. The van der Waals surface area contributed by atoms with Crippen LogP contribution in [0.4, 0.5) is 4.79 Å². The highest BCUT2D eigenvalue weighted by molar-refractivity contribution is 5.95. The molecular weight excluding hydrogens is 476 g/mol. The average molecular weight is 521 g/mol. The molecule has 0 aliphatic carbocycles. The van der Waals surface area contributed by atoms with E-state index in [-0.39, 0.29) is 18.0 Å². The number of fused-ring (bicyclic) bond motifs is 1. The maximum atomic E-state index is 12.8. The number of ether oxygens (including phenoxy) is 2. The van der Waals surface area contributed by atoms with Crippen LogP contribution in [-0.2, 0) is 4.74 Å². The van der Waals surface area contributed by atoms with Crippen LogP contribution < -0.4 is 4.74 Å². The van der Waals surface area contributed by atoms with Crippen LogP contribution in [0.3, 0.4) is 0 Å². The van der Waals surface area contributed by atoms with Gasteiger partial charge in [-0.2, -0.15) is 0 Å². The Hall–Kier alpha value is -3.28. The normalized spacial score (nSPS) is 20.4. The van der Waals surface area contributed by atoms with Gasteiger partial charge < -0.3 is 19.3 Å². The van der Waals surface area contributed by atoms with Gasteiger partial charge >= 0.3 is 6.09 Å². The Kier molecular flexibility index (Phi) is 9.29. The fourth-order valence-electron chi connectivity index (χ4n) is 5.15. The molecule has 2 amide bonds. The first-order chi connectivity index (χ1) is 18.1. The Balaban J connectivity index is 0.00000195. The molecule has 0 saturated carbocycles. The predicted molar refractivity (Wildman–Crippen MR) is 154 cm³/mol. The number of para-hydroxylation sites is 1. The van der Waals surface area contributed by atoms with Gasteiger partial charge in [0.15, 0.2) is 0 Å². The zero-order valence-corrected chi connectivity index (χ0v) is 24.3. The quantitative estimate of drug-likeness (QED) is 0.429. The second-order valence-corrected chi connectivity index (χ2v) is 10.8. The average Bonchev–Trinajstić information content (AvgIpc) is 2.89. The Labute approximate surface area is 228 Å². The SMILES string of the molecule is CC.CCN(CC)C(=O)c1ccc(C2=CC3(CCN(C(=O)OC(C)(C)C)C(C)C3)Oc3ccccc32)cc1. The first-order valence-electron chi connectivity index (χ1n) is 14.0. The van der Waals surface area contributed by atoms with Crippen molar-refractivity contribution in [1.82, 2.24) is 9.80 Å². The summed E-state index contributed by atoms with van der Waals surface area (Å²) in [5.41, 5.74) is 2.82. The lowest BCUT2D eigenvalue weighted by Crippen LogP contribution is -2.54. The van der Waals surface area contributed by atoms with Crippen LogP contribution >= 0.6 is 0 Å². The third-order valence-electron chi connectivity index (χ3n) is 6.97. The van der Waals surface area contributed by atoms with Crippen molar-refractivity contribution in [3.63, 3.8) is 0 Å². The molecule has 0 aromatic heterocycles. The maximum Gasteiger partial charge on any atom is 0.410 e. The number of likely N-dealkylation sites (tertiary alicyclic amines) is 1. The molecule has 1 saturated heterocycles. The molecule has 1 fully saturated rings. The van der Waals surface area contributed by atoms with Crippen LogP contribution in [-0.4, -0.2) is 58.7 Å². The monoisotopic (exact) mass is 520 g/mol. The molecule has 0 radical (unpaired) electrons. The summed E-state index contributed by atoms with van der Waals surface area (Å²) in [7, 11) is 0. The van der Waals surface area contributed by atoms with Gasteiger partial charge in [0.25, 0.3) is 5.91 Å². The van der Waals surface area contributed by atoms with E-state index in [2.05, 4.69) is 19.1 Å². The van der Waals surface area contributed by atoms with E-state index in [1.54, 1.807) is 0 Å². The Morgan fingerprint density at radius 1 is 1.05 bits per heavy atom. The van der Waals surface area contributed by atoms with E-state index < -0.39 is 11.2 Å². The minimum Gasteiger partial charge on any atom is -0.482 e. The Bertz CT molecular complexity index is 1140. The zero-order chi connectivity index (χ0) is 28.1. The molecule has 6 heteroatoms. The van der Waals surface area contributed by atoms with E-state index in [9.17, 15) is 9.59 Å². The van der Waals surface area contributed by atoms with Gasteiger partial charge in [-0.25, -0.2) is 4.79 Å². The van der Waals surface area contributed by atoms with Crippen LogP contribution in [0.15, 0.2) is 54.6 Å². The fraction of sp³-hybridized carbons (Fsp3) is 0.500. The highest BCUT2D eigenvalue weighted by Crippen LogP contribution is 2.44.